The first kappa shape index (κ1) is 12.0. The molecule has 78 valence electrons. The van der Waals surface area contributed by atoms with Gasteiger partial charge >= 0.3 is 0 Å². The monoisotopic (exact) mass is 304 g/mol. The van der Waals surface area contributed by atoms with E-state index >= 15 is 0 Å². The maximum absolute atomic E-state index is 9.62. The summed E-state index contributed by atoms with van der Waals surface area (Å²) in [6.07, 6.45) is -0.329. The molecule has 1 unspecified atom stereocenters. The molecule has 1 atom stereocenters. The van der Waals surface area contributed by atoms with Crippen molar-refractivity contribution in [2.24, 2.45) is 0 Å². The van der Waals surface area contributed by atoms with Gasteiger partial charge in [0, 0.05) is 4.43 Å². The van der Waals surface area contributed by atoms with Gasteiger partial charge in [0.1, 0.15) is 0 Å². The van der Waals surface area contributed by atoms with Gasteiger partial charge < -0.3 is 5.11 Å². The molecule has 0 saturated carbocycles. The molecule has 2 heteroatoms. The summed E-state index contributed by atoms with van der Waals surface area (Å²) < 4.78 is 0.743. The molecule has 0 aliphatic heterocycles. The molecule has 0 aromatic heterocycles. The van der Waals surface area contributed by atoms with Crippen molar-refractivity contribution in [3.05, 3.63) is 35.4 Å². The fraction of sp³-hybridized carbons (Fsp3) is 0.500. The van der Waals surface area contributed by atoms with Crippen molar-refractivity contribution in [1.29, 1.82) is 0 Å². The number of aliphatic hydroxyl groups excluding tert-OH is 1. The lowest BCUT2D eigenvalue weighted by Gasteiger charge is -2.19. The molecule has 0 heterocycles. The maximum Gasteiger partial charge on any atom is 0.0879 e. The van der Waals surface area contributed by atoms with Crippen molar-refractivity contribution in [1.82, 2.24) is 0 Å². The van der Waals surface area contributed by atoms with Gasteiger partial charge in [0.05, 0.1) is 6.10 Å². The Morgan fingerprint density at radius 3 is 2.07 bits per heavy atom. The van der Waals surface area contributed by atoms with E-state index in [1.54, 1.807) is 0 Å². The highest BCUT2D eigenvalue weighted by atomic mass is 127. The third kappa shape index (κ3) is 2.95. The molecule has 1 rings (SSSR count). The number of hydrogen-bond acceptors (Lipinski definition) is 1. The van der Waals surface area contributed by atoms with E-state index in [4.69, 9.17) is 0 Å². The molecular formula is C12H17IO. The van der Waals surface area contributed by atoms with Crippen LogP contribution in [-0.4, -0.2) is 9.53 Å². The zero-order chi connectivity index (χ0) is 10.8. The number of benzene rings is 1. The van der Waals surface area contributed by atoms with Gasteiger partial charge in [-0.25, -0.2) is 0 Å². The van der Waals surface area contributed by atoms with E-state index in [2.05, 4.69) is 55.5 Å². The minimum atomic E-state index is -0.329. The molecule has 1 aromatic carbocycles. The van der Waals surface area contributed by atoms with Crippen LogP contribution in [-0.2, 0) is 5.41 Å². The molecule has 0 saturated heterocycles. The fourth-order valence-corrected chi connectivity index (χ4v) is 1.80. The van der Waals surface area contributed by atoms with Crippen LogP contribution >= 0.6 is 22.6 Å². The van der Waals surface area contributed by atoms with E-state index in [0.717, 1.165) is 9.99 Å². The summed E-state index contributed by atoms with van der Waals surface area (Å²) in [6.45, 7) is 6.57. The van der Waals surface area contributed by atoms with Crippen molar-refractivity contribution in [3.63, 3.8) is 0 Å². The van der Waals surface area contributed by atoms with Crippen LogP contribution in [0.3, 0.4) is 0 Å². The Labute approximate surface area is 99.7 Å². The van der Waals surface area contributed by atoms with E-state index in [9.17, 15) is 5.11 Å². The first-order valence-corrected chi connectivity index (χ1v) is 6.32. The minimum absolute atomic E-state index is 0.188. The lowest BCUT2D eigenvalue weighted by molar-refractivity contribution is 0.207. The molecule has 0 spiro atoms. The highest BCUT2D eigenvalue weighted by Crippen LogP contribution is 2.24. The number of alkyl halides is 1. The Bertz CT molecular complexity index is 284. The van der Waals surface area contributed by atoms with Crippen molar-refractivity contribution in [3.8, 4) is 0 Å². The van der Waals surface area contributed by atoms with E-state index in [0.29, 0.717) is 0 Å². The predicted molar refractivity (Wildman–Crippen MR) is 69.0 cm³/mol. The van der Waals surface area contributed by atoms with Crippen molar-refractivity contribution < 1.29 is 5.11 Å². The molecule has 0 aliphatic carbocycles. The molecule has 0 radical (unpaired) electrons. The zero-order valence-corrected chi connectivity index (χ0v) is 11.1. The fourth-order valence-electron chi connectivity index (χ4n) is 1.29. The summed E-state index contributed by atoms with van der Waals surface area (Å²) >= 11 is 2.19. The van der Waals surface area contributed by atoms with Gasteiger partial charge in [0.2, 0.25) is 0 Å². The largest absolute Gasteiger partial charge is 0.388 e. The number of hydrogen-bond donors (Lipinski definition) is 1. The molecule has 0 fully saturated rings. The Morgan fingerprint density at radius 2 is 1.71 bits per heavy atom. The van der Waals surface area contributed by atoms with E-state index < -0.39 is 0 Å². The third-order valence-corrected chi connectivity index (χ3v) is 3.14. The summed E-state index contributed by atoms with van der Waals surface area (Å²) in [4.78, 5) is 0. The lowest BCUT2D eigenvalue weighted by Crippen LogP contribution is -2.11. The molecule has 0 aliphatic rings. The Morgan fingerprint density at radius 1 is 1.21 bits per heavy atom. The maximum atomic E-state index is 9.62. The average Bonchev–Trinajstić information content (AvgIpc) is 2.15. The first-order chi connectivity index (χ1) is 6.45. The van der Waals surface area contributed by atoms with Crippen LogP contribution in [0.4, 0.5) is 0 Å². The van der Waals surface area contributed by atoms with Gasteiger partial charge in [0.15, 0.2) is 0 Å². The van der Waals surface area contributed by atoms with Crippen LogP contribution in [0.1, 0.15) is 38.0 Å². The van der Waals surface area contributed by atoms with Crippen molar-refractivity contribution in [2.75, 3.05) is 4.43 Å². The molecule has 1 N–H and O–H groups in total. The standard InChI is InChI=1S/C12H17IO/c1-12(2,3)10-6-4-9(5-7-10)11(14)8-13/h4-7,11,14H,8H2,1-3H3. The van der Waals surface area contributed by atoms with E-state index in [1.165, 1.54) is 5.56 Å². The normalized spacial score (nSPS) is 14.1. The van der Waals surface area contributed by atoms with Gasteiger partial charge in [-0.05, 0) is 16.5 Å². The number of halogens is 1. The van der Waals surface area contributed by atoms with Gasteiger partial charge in [0.25, 0.3) is 0 Å². The topological polar surface area (TPSA) is 20.2 Å². The van der Waals surface area contributed by atoms with Gasteiger partial charge in [-0.1, -0.05) is 67.6 Å². The smallest absolute Gasteiger partial charge is 0.0879 e. The van der Waals surface area contributed by atoms with Crippen LogP contribution in [0, 0.1) is 0 Å². The summed E-state index contributed by atoms with van der Waals surface area (Å²) in [6, 6.07) is 8.24. The average molecular weight is 304 g/mol. The van der Waals surface area contributed by atoms with Gasteiger partial charge in [-0.3, -0.25) is 0 Å². The highest BCUT2D eigenvalue weighted by molar-refractivity contribution is 14.1. The summed E-state index contributed by atoms with van der Waals surface area (Å²) in [5.41, 5.74) is 2.50. The van der Waals surface area contributed by atoms with Crippen LogP contribution in [0.15, 0.2) is 24.3 Å². The molecule has 14 heavy (non-hydrogen) atoms. The quantitative estimate of drug-likeness (QED) is 0.655. The summed E-state index contributed by atoms with van der Waals surface area (Å²) in [5.74, 6) is 0. The molecule has 0 bridgehead atoms. The second-order valence-electron chi connectivity index (χ2n) is 4.54. The predicted octanol–water partition coefficient (Wildman–Crippen LogP) is 3.45. The van der Waals surface area contributed by atoms with Crippen LogP contribution in [0.2, 0.25) is 0 Å². The van der Waals surface area contributed by atoms with Gasteiger partial charge in [-0.2, -0.15) is 0 Å². The SMILES string of the molecule is CC(C)(C)c1ccc(C(O)CI)cc1. The second kappa shape index (κ2) is 4.62. The molecule has 1 nitrogen and oxygen atoms in total. The molecule has 0 amide bonds. The third-order valence-electron chi connectivity index (χ3n) is 2.31. The summed E-state index contributed by atoms with van der Waals surface area (Å²) in [7, 11) is 0. The molecule has 1 aromatic rings. The van der Waals surface area contributed by atoms with Crippen LogP contribution in [0.5, 0.6) is 0 Å². The Balaban J connectivity index is 2.89. The van der Waals surface area contributed by atoms with E-state index in [1.807, 2.05) is 12.1 Å². The lowest BCUT2D eigenvalue weighted by atomic mass is 9.86. The second-order valence-corrected chi connectivity index (χ2v) is 5.42. The molecular weight excluding hydrogens is 287 g/mol. The van der Waals surface area contributed by atoms with Crippen molar-refractivity contribution in [2.45, 2.75) is 32.3 Å². The Hall–Kier alpha value is -0.0900. The van der Waals surface area contributed by atoms with Crippen LogP contribution in [0.25, 0.3) is 0 Å². The van der Waals surface area contributed by atoms with E-state index in [-0.39, 0.29) is 11.5 Å². The first-order valence-electron chi connectivity index (χ1n) is 4.79. The number of aliphatic hydroxyl groups is 1. The number of rotatable bonds is 2. The van der Waals surface area contributed by atoms with Gasteiger partial charge in [-0.15, -0.1) is 0 Å². The summed E-state index contributed by atoms with van der Waals surface area (Å²) in [5, 5.41) is 9.62. The Kier molecular flexibility index (Phi) is 3.95. The zero-order valence-electron chi connectivity index (χ0n) is 8.92. The van der Waals surface area contributed by atoms with Crippen molar-refractivity contribution >= 4 is 22.6 Å². The minimum Gasteiger partial charge on any atom is -0.388 e. The highest BCUT2D eigenvalue weighted by Gasteiger charge is 2.13. The van der Waals surface area contributed by atoms with Crippen LogP contribution < -0.4 is 0 Å².